The molecule has 8 heteroatoms. The monoisotopic (exact) mass is 426 g/mol. The van der Waals surface area contributed by atoms with Gasteiger partial charge >= 0.3 is 12.1 Å². The average Bonchev–Trinajstić information content (AvgIpc) is 3.09. The number of carboxylic acid groups (broad SMARTS) is 1. The molecular weight excluding hydrogens is 400 g/mol. The van der Waals surface area contributed by atoms with Crippen molar-refractivity contribution in [1.29, 1.82) is 0 Å². The summed E-state index contributed by atoms with van der Waals surface area (Å²) >= 11 is 0. The second-order valence-corrected chi connectivity index (χ2v) is 7.67. The van der Waals surface area contributed by atoms with Crippen molar-refractivity contribution in [3.8, 4) is 11.1 Å². The number of fused-ring (bicyclic) bond motifs is 3. The van der Waals surface area contributed by atoms with Crippen molar-refractivity contribution in [2.75, 3.05) is 6.61 Å². The molecule has 0 heterocycles. The Morgan fingerprint density at radius 3 is 2.13 bits per heavy atom. The lowest BCUT2D eigenvalue weighted by molar-refractivity contribution is -0.161. The maximum absolute atomic E-state index is 12.5. The molecule has 1 aliphatic carbocycles. The topological polar surface area (TPSA) is 114 Å². The molecule has 2 aromatic rings. The second-order valence-electron chi connectivity index (χ2n) is 7.67. The minimum absolute atomic E-state index is 0.0976. The Morgan fingerprint density at radius 1 is 1.06 bits per heavy atom. The molecule has 0 saturated carbocycles. The quantitative estimate of drug-likeness (QED) is 0.559. The Kier molecular flexibility index (Phi) is 6.60. The average molecular weight is 426 g/mol. The zero-order valence-corrected chi connectivity index (χ0v) is 17.7. The summed E-state index contributed by atoms with van der Waals surface area (Å²) in [5, 5.41) is 11.4. The number of hydrogen-bond donors (Lipinski definition) is 3. The molecule has 0 saturated heterocycles. The Labute approximate surface area is 180 Å². The van der Waals surface area contributed by atoms with Crippen LogP contribution in [0.15, 0.2) is 48.5 Å². The molecule has 3 rings (SSSR count). The minimum atomic E-state index is -1.33. The van der Waals surface area contributed by atoms with Gasteiger partial charge in [0.25, 0.3) is 5.91 Å². The van der Waals surface area contributed by atoms with Crippen LogP contribution in [-0.4, -0.2) is 41.3 Å². The Hall–Kier alpha value is -3.39. The summed E-state index contributed by atoms with van der Waals surface area (Å²) in [4.78, 5) is 40.6. The number of hydroxylamine groups is 1. The third-order valence-electron chi connectivity index (χ3n) is 5.61. The third kappa shape index (κ3) is 4.69. The Balaban J connectivity index is 1.64. The SMILES string of the molecule is CCC(C)(NC(=O)OCC1c2ccccc2-c2ccccc21)C(=O)NOC(C)C(=O)O. The van der Waals surface area contributed by atoms with E-state index in [1.165, 1.54) is 13.8 Å². The van der Waals surface area contributed by atoms with Crippen LogP contribution in [0.25, 0.3) is 11.1 Å². The van der Waals surface area contributed by atoms with Gasteiger partial charge in [0.15, 0.2) is 6.10 Å². The summed E-state index contributed by atoms with van der Waals surface area (Å²) in [6.07, 6.45) is -1.72. The highest BCUT2D eigenvalue weighted by atomic mass is 16.7. The van der Waals surface area contributed by atoms with Crippen molar-refractivity contribution < 1.29 is 29.1 Å². The first kappa shape index (κ1) is 22.3. The molecule has 2 atom stereocenters. The van der Waals surface area contributed by atoms with Gasteiger partial charge in [-0.05, 0) is 42.5 Å². The van der Waals surface area contributed by atoms with Crippen LogP contribution < -0.4 is 10.8 Å². The number of ether oxygens (including phenoxy) is 1. The van der Waals surface area contributed by atoms with Crippen LogP contribution in [0.3, 0.4) is 0 Å². The first-order valence-electron chi connectivity index (χ1n) is 10.1. The van der Waals surface area contributed by atoms with E-state index in [1.807, 2.05) is 48.5 Å². The van der Waals surface area contributed by atoms with E-state index in [0.29, 0.717) is 0 Å². The maximum atomic E-state index is 12.5. The molecule has 164 valence electrons. The van der Waals surface area contributed by atoms with Crippen LogP contribution in [0.4, 0.5) is 4.79 Å². The normalized spacial score (nSPS) is 15.2. The summed E-state index contributed by atoms with van der Waals surface area (Å²) < 4.78 is 5.49. The molecule has 2 aromatic carbocycles. The van der Waals surface area contributed by atoms with Gasteiger partial charge in [0, 0.05) is 5.92 Å². The van der Waals surface area contributed by atoms with Crippen LogP contribution in [-0.2, 0) is 19.2 Å². The first-order valence-corrected chi connectivity index (χ1v) is 10.1. The van der Waals surface area contributed by atoms with Gasteiger partial charge in [0.05, 0.1) is 0 Å². The van der Waals surface area contributed by atoms with Gasteiger partial charge < -0.3 is 15.2 Å². The van der Waals surface area contributed by atoms with E-state index in [4.69, 9.17) is 14.7 Å². The number of alkyl carbamates (subject to hydrolysis) is 1. The van der Waals surface area contributed by atoms with Gasteiger partial charge in [-0.3, -0.25) is 9.63 Å². The van der Waals surface area contributed by atoms with Crippen molar-refractivity contribution in [3.05, 3.63) is 59.7 Å². The number of carbonyl (C=O) groups is 3. The Morgan fingerprint density at radius 2 is 1.61 bits per heavy atom. The van der Waals surface area contributed by atoms with E-state index in [9.17, 15) is 14.4 Å². The second kappa shape index (κ2) is 9.18. The standard InChI is InChI=1S/C23H26N2O6/c1-4-23(3,21(28)25-31-14(2)20(26)27)24-22(29)30-13-19-17-11-7-5-9-15(17)16-10-6-8-12-18(16)19/h5-12,14,19H,4,13H2,1-3H3,(H,24,29)(H,25,28)(H,26,27). The smallest absolute Gasteiger partial charge is 0.408 e. The third-order valence-corrected chi connectivity index (χ3v) is 5.61. The molecule has 0 aromatic heterocycles. The molecule has 1 aliphatic rings. The molecule has 0 aliphatic heterocycles. The fourth-order valence-electron chi connectivity index (χ4n) is 3.47. The molecule has 0 fully saturated rings. The van der Waals surface area contributed by atoms with Gasteiger partial charge in [-0.2, -0.15) is 0 Å². The van der Waals surface area contributed by atoms with E-state index < -0.39 is 29.6 Å². The van der Waals surface area contributed by atoms with Crippen LogP contribution in [0, 0.1) is 0 Å². The van der Waals surface area contributed by atoms with Crippen molar-refractivity contribution in [2.24, 2.45) is 0 Å². The highest BCUT2D eigenvalue weighted by molar-refractivity contribution is 5.89. The molecular formula is C23H26N2O6. The van der Waals surface area contributed by atoms with Crippen LogP contribution >= 0.6 is 0 Å². The van der Waals surface area contributed by atoms with Gasteiger partial charge in [-0.15, -0.1) is 0 Å². The maximum Gasteiger partial charge on any atom is 0.408 e. The first-order chi connectivity index (χ1) is 14.8. The molecule has 0 bridgehead atoms. The van der Waals surface area contributed by atoms with E-state index in [-0.39, 0.29) is 18.9 Å². The lowest BCUT2D eigenvalue weighted by Crippen LogP contribution is -2.57. The van der Waals surface area contributed by atoms with Crippen molar-refractivity contribution in [1.82, 2.24) is 10.8 Å². The molecule has 0 radical (unpaired) electrons. The van der Waals surface area contributed by atoms with Gasteiger partial charge in [0.2, 0.25) is 0 Å². The van der Waals surface area contributed by atoms with Crippen LogP contribution in [0.2, 0.25) is 0 Å². The zero-order valence-electron chi connectivity index (χ0n) is 17.7. The largest absolute Gasteiger partial charge is 0.479 e. The molecule has 0 spiro atoms. The summed E-state index contributed by atoms with van der Waals surface area (Å²) in [6, 6.07) is 16.0. The number of benzene rings is 2. The van der Waals surface area contributed by atoms with E-state index in [1.54, 1.807) is 6.92 Å². The highest BCUT2D eigenvalue weighted by Crippen LogP contribution is 2.44. The zero-order chi connectivity index (χ0) is 22.6. The lowest BCUT2D eigenvalue weighted by Gasteiger charge is -2.28. The lowest BCUT2D eigenvalue weighted by atomic mass is 9.98. The van der Waals surface area contributed by atoms with Gasteiger partial charge in [-0.1, -0.05) is 55.5 Å². The van der Waals surface area contributed by atoms with Gasteiger partial charge in [-0.25, -0.2) is 15.1 Å². The number of nitrogens with one attached hydrogen (secondary N) is 2. The summed E-state index contributed by atoms with van der Waals surface area (Å²) in [5.41, 5.74) is 5.17. The highest BCUT2D eigenvalue weighted by Gasteiger charge is 2.35. The van der Waals surface area contributed by atoms with Crippen LogP contribution in [0.1, 0.15) is 44.2 Å². The molecule has 3 N–H and O–H groups in total. The van der Waals surface area contributed by atoms with Crippen molar-refractivity contribution in [2.45, 2.75) is 44.8 Å². The molecule has 2 amide bonds. The predicted molar refractivity (Wildman–Crippen MR) is 113 cm³/mol. The fourth-order valence-corrected chi connectivity index (χ4v) is 3.47. The van der Waals surface area contributed by atoms with Crippen molar-refractivity contribution >= 4 is 18.0 Å². The summed E-state index contributed by atoms with van der Waals surface area (Å²) in [7, 11) is 0. The van der Waals surface area contributed by atoms with Gasteiger partial charge in [0.1, 0.15) is 12.1 Å². The number of rotatable bonds is 8. The minimum Gasteiger partial charge on any atom is -0.479 e. The van der Waals surface area contributed by atoms with Crippen molar-refractivity contribution in [3.63, 3.8) is 0 Å². The van der Waals surface area contributed by atoms with E-state index in [2.05, 4.69) is 10.8 Å². The molecule has 8 nitrogen and oxygen atoms in total. The fraction of sp³-hybridized carbons (Fsp3) is 0.348. The number of aliphatic carboxylic acids is 1. The number of amides is 2. The molecule has 2 unspecified atom stereocenters. The van der Waals surface area contributed by atoms with Crippen LogP contribution in [0.5, 0.6) is 0 Å². The molecule has 31 heavy (non-hydrogen) atoms. The number of hydrogen-bond acceptors (Lipinski definition) is 5. The van der Waals surface area contributed by atoms with E-state index >= 15 is 0 Å². The number of carboxylic acids is 1. The summed E-state index contributed by atoms with van der Waals surface area (Å²) in [5.74, 6) is -1.99. The summed E-state index contributed by atoms with van der Waals surface area (Å²) in [6.45, 7) is 4.63. The Bertz CT molecular complexity index is 946. The predicted octanol–water partition coefficient (Wildman–Crippen LogP) is 3.21. The number of carbonyl (C=O) groups excluding carboxylic acids is 2. The van der Waals surface area contributed by atoms with E-state index in [0.717, 1.165) is 22.3 Å².